The van der Waals surface area contributed by atoms with Crippen molar-refractivity contribution in [1.82, 2.24) is 5.32 Å². The first-order chi connectivity index (χ1) is 7.99. The van der Waals surface area contributed by atoms with Gasteiger partial charge in [-0.1, -0.05) is 52.0 Å². The molecule has 0 amide bonds. The van der Waals surface area contributed by atoms with Gasteiger partial charge >= 0.3 is 0 Å². The molecular weight excluding hydrogens is 206 g/mol. The highest BCUT2D eigenvalue weighted by Gasteiger charge is 2.45. The first kappa shape index (κ1) is 12.6. The van der Waals surface area contributed by atoms with E-state index < -0.39 is 0 Å². The third-order valence-corrected chi connectivity index (χ3v) is 4.26. The van der Waals surface area contributed by atoms with Crippen molar-refractivity contribution in [2.24, 2.45) is 5.41 Å². The molecule has 1 aliphatic rings. The third-order valence-electron chi connectivity index (χ3n) is 4.26. The zero-order valence-corrected chi connectivity index (χ0v) is 11.6. The highest BCUT2D eigenvalue weighted by Crippen LogP contribution is 2.45. The molecule has 1 N–H and O–H groups in total. The molecule has 1 fully saturated rings. The minimum absolute atomic E-state index is 0.165. The maximum Gasteiger partial charge on any atom is 0.0484 e. The number of aryl methyl sites for hydroxylation is 1. The molecule has 94 valence electrons. The van der Waals surface area contributed by atoms with Crippen LogP contribution in [0.5, 0.6) is 0 Å². The summed E-state index contributed by atoms with van der Waals surface area (Å²) < 4.78 is 0. The molecule has 0 aromatic heterocycles. The molecule has 0 aliphatic carbocycles. The molecule has 1 aliphatic heterocycles. The summed E-state index contributed by atoms with van der Waals surface area (Å²) in [6.45, 7) is 10.4. The van der Waals surface area contributed by atoms with Crippen molar-refractivity contribution in [3.05, 3.63) is 35.4 Å². The Morgan fingerprint density at radius 3 is 2.59 bits per heavy atom. The topological polar surface area (TPSA) is 12.0 Å². The summed E-state index contributed by atoms with van der Waals surface area (Å²) in [5.41, 5.74) is 3.34. The maximum absolute atomic E-state index is 3.78. The summed E-state index contributed by atoms with van der Waals surface area (Å²) in [4.78, 5) is 0. The molecule has 1 aromatic carbocycles. The smallest absolute Gasteiger partial charge is 0.0484 e. The van der Waals surface area contributed by atoms with E-state index in [1.165, 1.54) is 24.0 Å². The van der Waals surface area contributed by atoms with Crippen LogP contribution in [-0.4, -0.2) is 6.54 Å². The minimum Gasteiger partial charge on any atom is -0.307 e. The van der Waals surface area contributed by atoms with Crippen molar-refractivity contribution >= 4 is 0 Å². The van der Waals surface area contributed by atoms with Crippen LogP contribution in [0.3, 0.4) is 0 Å². The molecule has 0 saturated carbocycles. The van der Waals surface area contributed by atoms with Gasteiger partial charge in [-0.15, -0.1) is 0 Å². The number of hydrogen-bond acceptors (Lipinski definition) is 1. The second-order valence-electron chi connectivity index (χ2n) is 6.24. The lowest BCUT2D eigenvalue weighted by atomic mass is 9.68. The van der Waals surface area contributed by atoms with Crippen LogP contribution in [0.2, 0.25) is 0 Å². The summed E-state index contributed by atoms with van der Waals surface area (Å²) in [6, 6.07) is 9.13. The zero-order valence-electron chi connectivity index (χ0n) is 11.6. The van der Waals surface area contributed by atoms with Gasteiger partial charge < -0.3 is 5.32 Å². The first-order valence-electron chi connectivity index (χ1n) is 6.84. The second kappa shape index (κ2) is 4.45. The Morgan fingerprint density at radius 2 is 2.06 bits per heavy atom. The van der Waals surface area contributed by atoms with E-state index in [4.69, 9.17) is 0 Å². The molecule has 1 heteroatoms. The van der Waals surface area contributed by atoms with E-state index in [1.54, 1.807) is 0 Å². The van der Waals surface area contributed by atoms with Crippen LogP contribution in [0.15, 0.2) is 24.3 Å². The number of rotatable bonds is 2. The van der Waals surface area contributed by atoms with Crippen LogP contribution in [0.4, 0.5) is 0 Å². The summed E-state index contributed by atoms with van der Waals surface area (Å²) in [7, 11) is 0. The van der Waals surface area contributed by atoms with Gasteiger partial charge in [-0.3, -0.25) is 0 Å². The van der Waals surface area contributed by atoms with Gasteiger partial charge in [0.1, 0.15) is 0 Å². The molecule has 1 aromatic rings. The molecule has 2 rings (SSSR count). The summed E-state index contributed by atoms with van der Waals surface area (Å²) in [5.74, 6) is 0. The predicted octanol–water partition coefficient (Wildman–Crippen LogP) is 3.87. The van der Waals surface area contributed by atoms with Crippen molar-refractivity contribution in [3.63, 3.8) is 0 Å². The van der Waals surface area contributed by atoms with E-state index in [-0.39, 0.29) is 11.0 Å². The van der Waals surface area contributed by atoms with Gasteiger partial charge in [0, 0.05) is 5.54 Å². The van der Waals surface area contributed by atoms with Crippen LogP contribution in [0.1, 0.15) is 51.7 Å². The highest BCUT2D eigenvalue weighted by atomic mass is 15.0. The van der Waals surface area contributed by atoms with Gasteiger partial charge in [0.25, 0.3) is 0 Å². The van der Waals surface area contributed by atoms with E-state index >= 15 is 0 Å². The van der Waals surface area contributed by atoms with Crippen LogP contribution < -0.4 is 5.32 Å². The van der Waals surface area contributed by atoms with Crippen molar-refractivity contribution in [2.45, 2.75) is 52.5 Å². The average Bonchev–Trinajstić information content (AvgIpc) is 2.79. The highest BCUT2D eigenvalue weighted by molar-refractivity contribution is 5.32. The van der Waals surface area contributed by atoms with Crippen LogP contribution in [0.25, 0.3) is 0 Å². The lowest BCUT2D eigenvalue weighted by Gasteiger charge is -2.43. The molecule has 1 saturated heterocycles. The van der Waals surface area contributed by atoms with E-state index in [0.717, 1.165) is 13.0 Å². The predicted molar refractivity (Wildman–Crippen MR) is 74.2 cm³/mol. The lowest BCUT2D eigenvalue weighted by molar-refractivity contribution is 0.160. The molecule has 1 unspecified atom stereocenters. The molecule has 0 radical (unpaired) electrons. The fourth-order valence-electron chi connectivity index (χ4n) is 3.12. The molecule has 1 nitrogen and oxygen atoms in total. The monoisotopic (exact) mass is 231 g/mol. The quantitative estimate of drug-likeness (QED) is 0.814. The van der Waals surface area contributed by atoms with Gasteiger partial charge in [-0.2, -0.15) is 0 Å². The van der Waals surface area contributed by atoms with Gasteiger partial charge in [-0.25, -0.2) is 0 Å². The Bertz CT molecular complexity index is 381. The molecule has 0 bridgehead atoms. The normalized spacial score (nSPS) is 25.2. The Hall–Kier alpha value is -0.820. The fraction of sp³-hybridized carbons (Fsp3) is 0.625. The molecule has 1 atom stereocenters. The summed E-state index contributed by atoms with van der Waals surface area (Å²) in [6.07, 6.45) is 3.66. The van der Waals surface area contributed by atoms with Crippen LogP contribution in [-0.2, 0) is 12.0 Å². The Balaban J connectivity index is 2.46. The number of nitrogens with one attached hydrogen (secondary N) is 1. The zero-order chi connectivity index (χ0) is 12.5. The largest absolute Gasteiger partial charge is 0.307 e. The molecule has 17 heavy (non-hydrogen) atoms. The minimum atomic E-state index is 0.165. The Kier molecular flexibility index (Phi) is 3.31. The van der Waals surface area contributed by atoms with Crippen molar-refractivity contribution in [2.75, 3.05) is 6.54 Å². The molecule has 1 heterocycles. The van der Waals surface area contributed by atoms with Crippen LogP contribution in [0, 0.1) is 5.41 Å². The van der Waals surface area contributed by atoms with Crippen molar-refractivity contribution < 1.29 is 0 Å². The summed E-state index contributed by atoms with van der Waals surface area (Å²) in [5, 5.41) is 3.78. The summed E-state index contributed by atoms with van der Waals surface area (Å²) >= 11 is 0. The average molecular weight is 231 g/mol. The van der Waals surface area contributed by atoms with Crippen LogP contribution >= 0.6 is 0 Å². The van der Waals surface area contributed by atoms with E-state index in [2.05, 4.69) is 57.3 Å². The van der Waals surface area contributed by atoms with Gasteiger partial charge in [0.05, 0.1) is 0 Å². The van der Waals surface area contributed by atoms with E-state index in [9.17, 15) is 0 Å². The van der Waals surface area contributed by atoms with E-state index in [0.29, 0.717) is 0 Å². The SMILES string of the molecule is CCc1cccc(C2(C(C)(C)C)CCCN2)c1. The molecular formula is C16H25N. The fourth-order valence-corrected chi connectivity index (χ4v) is 3.12. The maximum atomic E-state index is 3.78. The Labute approximate surface area is 106 Å². The molecule has 0 spiro atoms. The van der Waals surface area contributed by atoms with Gasteiger partial charge in [-0.05, 0) is 42.3 Å². The standard InChI is InChI=1S/C16H25N/c1-5-13-8-6-9-14(12-13)16(15(2,3)4)10-7-11-17-16/h6,8-9,12,17H,5,7,10-11H2,1-4H3. The number of benzene rings is 1. The second-order valence-corrected chi connectivity index (χ2v) is 6.24. The van der Waals surface area contributed by atoms with Gasteiger partial charge in [0.2, 0.25) is 0 Å². The third kappa shape index (κ3) is 2.13. The van der Waals surface area contributed by atoms with Gasteiger partial charge in [0.15, 0.2) is 0 Å². The Morgan fingerprint density at radius 1 is 1.29 bits per heavy atom. The lowest BCUT2D eigenvalue weighted by Crippen LogP contribution is -2.48. The van der Waals surface area contributed by atoms with E-state index in [1.807, 2.05) is 0 Å². The first-order valence-corrected chi connectivity index (χ1v) is 6.84. The van der Waals surface area contributed by atoms with Crippen molar-refractivity contribution in [3.8, 4) is 0 Å². The van der Waals surface area contributed by atoms with Crippen molar-refractivity contribution in [1.29, 1.82) is 0 Å². The number of hydrogen-bond donors (Lipinski definition) is 1.